The summed E-state index contributed by atoms with van der Waals surface area (Å²) in [7, 11) is 0. The number of aromatic amines is 1. The molecule has 2 N–H and O–H groups in total. The largest absolute Gasteiger partial charge is 0.372 e. The van der Waals surface area contributed by atoms with E-state index in [0.29, 0.717) is 17.5 Å². The van der Waals surface area contributed by atoms with Crippen LogP contribution in [-0.4, -0.2) is 42.9 Å². The molecule has 0 bridgehead atoms. The lowest BCUT2D eigenvalue weighted by atomic mass is 10.0. The van der Waals surface area contributed by atoms with Crippen LogP contribution in [0, 0.1) is 10.1 Å². The number of hydrogen-bond acceptors (Lipinski definition) is 8. The number of nitrogens with zero attached hydrogens (tertiary/aromatic N) is 6. The van der Waals surface area contributed by atoms with E-state index in [4.69, 9.17) is 4.98 Å². The van der Waals surface area contributed by atoms with Crippen LogP contribution in [0.3, 0.4) is 0 Å². The third-order valence-corrected chi connectivity index (χ3v) is 6.13. The van der Waals surface area contributed by atoms with Gasteiger partial charge in [-0.05, 0) is 44.4 Å². The Bertz CT molecular complexity index is 1280. The standard InChI is InChI=1S/C25H26N8O2/c1-17(30-22-10-9-20(15-28-22)33(34)35)24-29-16-21(25-26-11-12-27-25)23(31-24)18-5-7-19(8-6-18)32-13-3-2-4-14-32/h5-12,15-17H,2-4,13-14H2,1H3,(H,26,27)(H,28,30). The van der Waals surface area contributed by atoms with Crippen molar-refractivity contribution in [2.75, 3.05) is 23.3 Å². The zero-order chi connectivity index (χ0) is 24.2. The number of H-pyrrole nitrogens is 1. The number of rotatable bonds is 7. The van der Waals surface area contributed by atoms with Crippen molar-refractivity contribution in [3.63, 3.8) is 0 Å². The van der Waals surface area contributed by atoms with Crippen molar-refractivity contribution in [1.82, 2.24) is 24.9 Å². The Morgan fingerprint density at radius 1 is 1.03 bits per heavy atom. The van der Waals surface area contributed by atoms with E-state index in [0.717, 1.165) is 29.9 Å². The van der Waals surface area contributed by atoms with Gasteiger partial charge in [-0.3, -0.25) is 10.1 Å². The van der Waals surface area contributed by atoms with Crippen LogP contribution in [-0.2, 0) is 0 Å². The predicted octanol–water partition coefficient (Wildman–Crippen LogP) is 5.00. The molecule has 1 aromatic carbocycles. The van der Waals surface area contributed by atoms with Gasteiger partial charge in [0.15, 0.2) is 5.82 Å². The molecule has 178 valence electrons. The summed E-state index contributed by atoms with van der Waals surface area (Å²) in [5, 5.41) is 14.1. The maximum absolute atomic E-state index is 10.9. The molecule has 0 saturated carbocycles. The first-order valence-corrected chi connectivity index (χ1v) is 11.7. The second-order valence-electron chi connectivity index (χ2n) is 8.55. The monoisotopic (exact) mass is 470 g/mol. The highest BCUT2D eigenvalue weighted by Gasteiger charge is 2.18. The number of anilines is 2. The van der Waals surface area contributed by atoms with Crippen LogP contribution in [0.25, 0.3) is 22.6 Å². The van der Waals surface area contributed by atoms with Gasteiger partial charge >= 0.3 is 0 Å². The molecule has 3 aromatic heterocycles. The molecular weight excluding hydrogens is 444 g/mol. The van der Waals surface area contributed by atoms with E-state index in [1.165, 1.54) is 37.2 Å². The summed E-state index contributed by atoms with van der Waals surface area (Å²) in [6, 6.07) is 11.2. The molecule has 1 atom stereocenters. The van der Waals surface area contributed by atoms with Crippen molar-refractivity contribution in [2.24, 2.45) is 0 Å². The van der Waals surface area contributed by atoms with Gasteiger partial charge in [-0.2, -0.15) is 0 Å². The van der Waals surface area contributed by atoms with Crippen molar-refractivity contribution in [2.45, 2.75) is 32.2 Å². The molecule has 1 aliphatic rings. The van der Waals surface area contributed by atoms with Crippen LogP contribution in [0.15, 0.2) is 61.2 Å². The van der Waals surface area contributed by atoms with Gasteiger partial charge in [0.2, 0.25) is 0 Å². The van der Waals surface area contributed by atoms with Crippen LogP contribution in [0.5, 0.6) is 0 Å². The maximum Gasteiger partial charge on any atom is 0.287 e. The molecule has 1 fully saturated rings. The third-order valence-electron chi connectivity index (χ3n) is 6.13. The van der Waals surface area contributed by atoms with Gasteiger partial charge in [0.1, 0.15) is 17.8 Å². The van der Waals surface area contributed by atoms with E-state index in [9.17, 15) is 10.1 Å². The average molecular weight is 471 g/mol. The van der Waals surface area contributed by atoms with E-state index in [1.54, 1.807) is 24.7 Å². The quantitative estimate of drug-likeness (QED) is 0.285. The van der Waals surface area contributed by atoms with E-state index in [2.05, 4.69) is 54.4 Å². The number of aromatic nitrogens is 5. The summed E-state index contributed by atoms with van der Waals surface area (Å²) in [6.45, 7) is 4.11. The van der Waals surface area contributed by atoms with Crippen LogP contribution >= 0.6 is 0 Å². The van der Waals surface area contributed by atoms with Crippen molar-refractivity contribution in [3.8, 4) is 22.6 Å². The second kappa shape index (κ2) is 9.88. The molecule has 1 unspecified atom stereocenters. The summed E-state index contributed by atoms with van der Waals surface area (Å²) in [6.07, 6.45) is 10.2. The Labute approximate surface area is 202 Å². The predicted molar refractivity (Wildman–Crippen MR) is 134 cm³/mol. The minimum atomic E-state index is -0.473. The molecule has 4 aromatic rings. The van der Waals surface area contributed by atoms with Gasteiger partial charge < -0.3 is 15.2 Å². The maximum atomic E-state index is 10.9. The van der Waals surface area contributed by atoms with Crippen LogP contribution < -0.4 is 10.2 Å². The first-order valence-electron chi connectivity index (χ1n) is 11.7. The van der Waals surface area contributed by atoms with E-state index < -0.39 is 4.92 Å². The van der Waals surface area contributed by atoms with Crippen LogP contribution in [0.4, 0.5) is 17.2 Å². The fourth-order valence-corrected chi connectivity index (χ4v) is 4.26. The highest BCUT2D eigenvalue weighted by Crippen LogP contribution is 2.31. The highest BCUT2D eigenvalue weighted by atomic mass is 16.6. The zero-order valence-electron chi connectivity index (χ0n) is 19.4. The number of nitro groups is 1. The summed E-state index contributed by atoms with van der Waals surface area (Å²) in [4.78, 5) is 34.0. The van der Waals surface area contributed by atoms with E-state index >= 15 is 0 Å². The highest BCUT2D eigenvalue weighted by molar-refractivity contribution is 5.77. The fourth-order valence-electron chi connectivity index (χ4n) is 4.26. The Morgan fingerprint density at radius 3 is 2.49 bits per heavy atom. The third kappa shape index (κ3) is 4.96. The zero-order valence-corrected chi connectivity index (χ0v) is 19.4. The molecule has 0 aliphatic carbocycles. The fraction of sp³-hybridized carbons (Fsp3) is 0.280. The van der Waals surface area contributed by atoms with Crippen molar-refractivity contribution in [3.05, 3.63) is 77.1 Å². The Morgan fingerprint density at radius 2 is 1.83 bits per heavy atom. The molecule has 35 heavy (non-hydrogen) atoms. The molecule has 1 saturated heterocycles. The molecule has 5 rings (SSSR count). The first kappa shape index (κ1) is 22.5. The first-order chi connectivity index (χ1) is 17.1. The molecule has 10 heteroatoms. The second-order valence-corrected chi connectivity index (χ2v) is 8.55. The lowest BCUT2D eigenvalue weighted by Crippen LogP contribution is -2.29. The number of hydrogen-bond donors (Lipinski definition) is 2. The van der Waals surface area contributed by atoms with Crippen molar-refractivity contribution in [1.29, 1.82) is 0 Å². The van der Waals surface area contributed by atoms with Crippen LogP contribution in [0.1, 0.15) is 38.1 Å². The molecular formula is C25H26N8O2. The van der Waals surface area contributed by atoms with Gasteiger partial charge in [-0.25, -0.2) is 19.9 Å². The van der Waals surface area contributed by atoms with Crippen molar-refractivity contribution < 1.29 is 4.92 Å². The lowest BCUT2D eigenvalue weighted by Gasteiger charge is -2.28. The number of imidazole rings is 1. The molecule has 0 spiro atoms. The summed E-state index contributed by atoms with van der Waals surface area (Å²) < 4.78 is 0. The van der Waals surface area contributed by atoms with Gasteiger partial charge in [0, 0.05) is 49.0 Å². The SMILES string of the molecule is CC(Nc1ccc([N+](=O)[O-])cn1)c1ncc(-c2ncc[nH]2)c(-c2ccc(N3CCCCC3)cc2)n1. The number of nitrogens with one attached hydrogen (secondary N) is 2. The normalized spacial score (nSPS) is 14.5. The summed E-state index contributed by atoms with van der Waals surface area (Å²) in [5.41, 5.74) is 3.73. The van der Waals surface area contributed by atoms with E-state index in [1.807, 2.05) is 6.92 Å². The van der Waals surface area contributed by atoms with Crippen molar-refractivity contribution >= 4 is 17.2 Å². The minimum Gasteiger partial charge on any atom is -0.372 e. The number of piperidine rings is 1. The number of pyridine rings is 1. The topological polar surface area (TPSA) is 126 Å². The van der Waals surface area contributed by atoms with E-state index in [-0.39, 0.29) is 11.7 Å². The average Bonchev–Trinajstić information content (AvgIpc) is 3.44. The lowest BCUT2D eigenvalue weighted by molar-refractivity contribution is -0.385. The molecule has 0 amide bonds. The number of benzene rings is 1. The summed E-state index contributed by atoms with van der Waals surface area (Å²) in [5.74, 6) is 1.79. The summed E-state index contributed by atoms with van der Waals surface area (Å²) >= 11 is 0. The van der Waals surface area contributed by atoms with Gasteiger partial charge in [0.05, 0.1) is 22.2 Å². The molecule has 10 nitrogen and oxygen atoms in total. The molecule has 4 heterocycles. The van der Waals surface area contributed by atoms with Crippen LogP contribution in [0.2, 0.25) is 0 Å². The molecule has 1 aliphatic heterocycles. The van der Waals surface area contributed by atoms with Gasteiger partial charge in [0.25, 0.3) is 5.69 Å². The Hall–Kier alpha value is -4.34. The van der Waals surface area contributed by atoms with Gasteiger partial charge in [-0.1, -0.05) is 12.1 Å². The smallest absolute Gasteiger partial charge is 0.287 e. The minimum absolute atomic E-state index is 0.0578. The Balaban J connectivity index is 1.44. The molecule has 0 radical (unpaired) electrons. The van der Waals surface area contributed by atoms with Gasteiger partial charge in [-0.15, -0.1) is 0 Å². The Kier molecular flexibility index (Phi) is 6.34.